The highest BCUT2D eigenvalue weighted by atomic mass is 32.1. The third-order valence-electron chi connectivity index (χ3n) is 7.01. The van der Waals surface area contributed by atoms with E-state index in [4.69, 9.17) is 9.97 Å². The fourth-order valence-corrected chi connectivity index (χ4v) is 6.28. The maximum Gasteiger partial charge on any atom is 0.115 e. The third-order valence-corrected chi connectivity index (χ3v) is 8.08. The number of thiazole rings is 1. The van der Waals surface area contributed by atoms with Crippen LogP contribution >= 0.6 is 11.3 Å². The minimum Gasteiger partial charge on any atom is -0.387 e. The molecule has 2 aromatic carbocycles. The van der Waals surface area contributed by atoms with Gasteiger partial charge in [-0.15, -0.1) is 11.3 Å². The molecule has 2 N–H and O–H groups in total. The van der Waals surface area contributed by atoms with Crippen LogP contribution in [0, 0.1) is 6.92 Å². The van der Waals surface area contributed by atoms with Gasteiger partial charge in [-0.3, -0.25) is 0 Å². The Labute approximate surface area is 205 Å². The van der Waals surface area contributed by atoms with Crippen LogP contribution in [0.1, 0.15) is 64.8 Å². The average Bonchev–Trinajstić information content (AvgIpc) is 3.52. The van der Waals surface area contributed by atoms with Crippen LogP contribution < -0.4 is 5.32 Å². The minimum absolute atomic E-state index is 0.108. The third kappa shape index (κ3) is 4.81. The normalized spacial score (nSPS) is 19.2. The molecule has 34 heavy (non-hydrogen) atoms. The van der Waals surface area contributed by atoms with Gasteiger partial charge >= 0.3 is 0 Å². The molecule has 5 rings (SSSR count). The highest BCUT2D eigenvalue weighted by molar-refractivity contribution is 7.11. The molecular formula is C28H34N4OS. The Balaban J connectivity index is 1.29. The molecule has 2 aromatic heterocycles. The number of hydrogen-bond donors (Lipinski definition) is 2. The van der Waals surface area contributed by atoms with E-state index in [1.807, 2.05) is 41.7 Å². The van der Waals surface area contributed by atoms with Crippen molar-refractivity contribution in [2.45, 2.75) is 70.6 Å². The first kappa shape index (κ1) is 23.2. The molecular weight excluding hydrogens is 440 g/mol. The van der Waals surface area contributed by atoms with E-state index in [9.17, 15) is 5.11 Å². The predicted molar refractivity (Wildman–Crippen MR) is 139 cm³/mol. The fourth-order valence-electron chi connectivity index (χ4n) is 5.23. The maximum atomic E-state index is 10.8. The Morgan fingerprint density at radius 2 is 1.97 bits per heavy atom. The van der Waals surface area contributed by atoms with Crippen molar-refractivity contribution in [1.82, 2.24) is 19.9 Å². The number of rotatable bonds is 8. The van der Waals surface area contributed by atoms with E-state index in [1.165, 1.54) is 21.7 Å². The fraction of sp³-hybridized carbons (Fsp3) is 0.429. The minimum atomic E-state index is -0.459. The zero-order valence-electron chi connectivity index (χ0n) is 20.3. The van der Waals surface area contributed by atoms with Crippen LogP contribution in [0.4, 0.5) is 0 Å². The SMILES string of the molecule is CCCc1sc(C)nc1Cc1nc2cc(CC3CCC([C@H](O)c4ccccc4)N3)ccc2n1C. The number of imidazole rings is 1. The number of nitrogens with zero attached hydrogens (tertiary/aromatic N) is 3. The van der Waals surface area contributed by atoms with Crippen molar-refractivity contribution in [2.24, 2.45) is 7.05 Å². The maximum absolute atomic E-state index is 10.8. The van der Waals surface area contributed by atoms with Crippen molar-refractivity contribution < 1.29 is 5.11 Å². The number of nitrogens with one attached hydrogen (secondary N) is 1. The molecule has 1 saturated heterocycles. The van der Waals surface area contributed by atoms with Crippen LogP contribution in [0.5, 0.6) is 0 Å². The topological polar surface area (TPSA) is 63.0 Å². The summed E-state index contributed by atoms with van der Waals surface area (Å²) in [7, 11) is 2.11. The summed E-state index contributed by atoms with van der Waals surface area (Å²) in [6.07, 6.45) is 5.56. The first-order valence-corrected chi connectivity index (χ1v) is 13.2. The molecule has 6 heteroatoms. The van der Waals surface area contributed by atoms with Gasteiger partial charge in [-0.05, 0) is 55.9 Å². The lowest BCUT2D eigenvalue weighted by molar-refractivity contribution is 0.135. The molecule has 0 saturated carbocycles. The molecule has 3 heterocycles. The average molecular weight is 475 g/mol. The summed E-state index contributed by atoms with van der Waals surface area (Å²) >= 11 is 1.82. The second-order valence-electron chi connectivity index (χ2n) is 9.55. The van der Waals surface area contributed by atoms with Crippen LogP contribution in [0.3, 0.4) is 0 Å². The van der Waals surface area contributed by atoms with Gasteiger partial charge < -0.3 is 15.0 Å². The molecule has 0 amide bonds. The molecule has 3 atom stereocenters. The van der Waals surface area contributed by atoms with Gasteiger partial charge in [-0.2, -0.15) is 0 Å². The Bertz CT molecular complexity index is 1260. The highest BCUT2D eigenvalue weighted by Crippen LogP contribution is 2.28. The summed E-state index contributed by atoms with van der Waals surface area (Å²) in [5.41, 5.74) is 5.68. The molecule has 0 spiro atoms. The largest absolute Gasteiger partial charge is 0.387 e. The Morgan fingerprint density at radius 1 is 1.15 bits per heavy atom. The van der Waals surface area contributed by atoms with E-state index >= 15 is 0 Å². The van der Waals surface area contributed by atoms with Crippen LogP contribution in [-0.2, 0) is 26.3 Å². The number of aliphatic hydroxyl groups is 1. The molecule has 5 nitrogen and oxygen atoms in total. The van der Waals surface area contributed by atoms with Gasteiger partial charge in [0.1, 0.15) is 5.82 Å². The smallest absolute Gasteiger partial charge is 0.115 e. The van der Waals surface area contributed by atoms with Crippen LogP contribution in [0.2, 0.25) is 0 Å². The van der Waals surface area contributed by atoms with E-state index in [2.05, 4.69) is 49.0 Å². The van der Waals surface area contributed by atoms with Crippen LogP contribution in [-0.4, -0.2) is 31.7 Å². The van der Waals surface area contributed by atoms with Crippen molar-refractivity contribution in [2.75, 3.05) is 0 Å². The van der Waals surface area contributed by atoms with Crippen molar-refractivity contribution >= 4 is 22.4 Å². The lowest BCUT2D eigenvalue weighted by Crippen LogP contribution is -2.35. The predicted octanol–water partition coefficient (Wildman–Crippen LogP) is 5.28. The van der Waals surface area contributed by atoms with E-state index in [1.54, 1.807) is 0 Å². The summed E-state index contributed by atoms with van der Waals surface area (Å²) in [6.45, 7) is 4.31. The Morgan fingerprint density at radius 3 is 2.76 bits per heavy atom. The molecule has 1 aliphatic heterocycles. The van der Waals surface area contributed by atoms with Crippen molar-refractivity contribution in [3.8, 4) is 0 Å². The van der Waals surface area contributed by atoms with E-state index in [0.29, 0.717) is 6.04 Å². The number of benzene rings is 2. The van der Waals surface area contributed by atoms with Crippen LogP contribution in [0.25, 0.3) is 11.0 Å². The monoisotopic (exact) mass is 474 g/mol. The lowest BCUT2D eigenvalue weighted by atomic mass is 10.0. The second kappa shape index (κ2) is 9.98. The van der Waals surface area contributed by atoms with Gasteiger partial charge in [0.15, 0.2) is 0 Å². The number of fused-ring (bicyclic) bond motifs is 1. The summed E-state index contributed by atoms with van der Waals surface area (Å²) < 4.78 is 2.21. The molecule has 4 aromatic rings. The zero-order chi connectivity index (χ0) is 23.7. The standard InChI is InChI=1S/C28H34N4OS/c1-4-8-26-24(29-18(2)34-26)17-27-31-23-16-19(11-14-25(23)32(27)3)15-21-12-13-22(30-21)28(33)20-9-6-5-7-10-20/h5-7,9-11,14,16,21-22,28,30,33H,4,8,12-13,15,17H2,1-3H3/t21?,22?,28-/m1/s1. The Hall–Kier alpha value is -2.54. The first-order chi connectivity index (χ1) is 16.5. The number of aliphatic hydroxyl groups excluding tert-OH is 1. The van der Waals surface area contributed by atoms with Gasteiger partial charge in [0.2, 0.25) is 0 Å². The Kier molecular flexibility index (Phi) is 6.82. The molecule has 178 valence electrons. The van der Waals surface area contributed by atoms with Crippen molar-refractivity contribution in [3.05, 3.63) is 81.1 Å². The number of aromatic nitrogens is 3. The van der Waals surface area contributed by atoms with Gasteiger partial charge in [0, 0.05) is 30.4 Å². The van der Waals surface area contributed by atoms with Crippen molar-refractivity contribution in [1.29, 1.82) is 0 Å². The second-order valence-corrected chi connectivity index (χ2v) is 10.8. The molecule has 2 unspecified atom stereocenters. The van der Waals surface area contributed by atoms with Crippen LogP contribution in [0.15, 0.2) is 48.5 Å². The van der Waals surface area contributed by atoms with Crippen molar-refractivity contribution in [3.63, 3.8) is 0 Å². The molecule has 0 radical (unpaired) electrons. The molecule has 1 fully saturated rings. The first-order valence-electron chi connectivity index (χ1n) is 12.4. The lowest BCUT2D eigenvalue weighted by Gasteiger charge is -2.20. The molecule has 0 bridgehead atoms. The molecule has 1 aliphatic rings. The van der Waals surface area contributed by atoms with Gasteiger partial charge in [-0.25, -0.2) is 9.97 Å². The number of aryl methyl sites for hydroxylation is 3. The summed E-state index contributed by atoms with van der Waals surface area (Å²) in [6, 6.07) is 17.1. The number of hydrogen-bond acceptors (Lipinski definition) is 5. The van der Waals surface area contributed by atoms with E-state index < -0.39 is 6.10 Å². The van der Waals surface area contributed by atoms with E-state index in [-0.39, 0.29) is 6.04 Å². The van der Waals surface area contributed by atoms with Gasteiger partial charge in [0.25, 0.3) is 0 Å². The quantitative estimate of drug-likeness (QED) is 0.365. The zero-order valence-corrected chi connectivity index (χ0v) is 21.1. The highest BCUT2D eigenvalue weighted by Gasteiger charge is 2.30. The molecule has 0 aliphatic carbocycles. The summed E-state index contributed by atoms with van der Waals surface area (Å²) in [5, 5.41) is 15.6. The van der Waals surface area contributed by atoms with Gasteiger partial charge in [-0.1, -0.05) is 49.7 Å². The van der Waals surface area contributed by atoms with E-state index in [0.717, 1.165) is 60.4 Å². The van der Waals surface area contributed by atoms with Gasteiger partial charge in [0.05, 0.1) is 27.8 Å². The summed E-state index contributed by atoms with van der Waals surface area (Å²) in [5.74, 6) is 1.07. The summed E-state index contributed by atoms with van der Waals surface area (Å²) in [4.78, 5) is 11.2.